The highest BCUT2D eigenvalue weighted by atomic mass is 16.2. The van der Waals surface area contributed by atoms with Gasteiger partial charge in [-0.3, -0.25) is 14.5 Å². The minimum Gasteiger partial charge on any atom is -0.352 e. The second kappa shape index (κ2) is 12.8. The summed E-state index contributed by atoms with van der Waals surface area (Å²) in [6.45, 7) is 4.53. The number of piperidine rings is 1. The SMILES string of the molecule is Cc1ccccc1/C=N/NC(=O)[C@@H](CCCCNC(=O)c1ccccc1)N1CCCCC1. The van der Waals surface area contributed by atoms with Crippen molar-refractivity contribution < 1.29 is 9.59 Å². The van der Waals surface area contributed by atoms with Gasteiger partial charge in [-0.2, -0.15) is 5.10 Å². The Kier molecular flexibility index (Phi) is 9.44. The van der Waals surface area contributed by atoms with Crippen molar-refractivity contribution in [1.82, 2.24) is 15.6 Å². The number of aryl methyl sites for hydroxylation is 1. The monoisotopic (exact) mass is 434 g/mol. The van der Waals surface area contributed by atoms with Crippen molar-refractivity contribution in [3.8, 4) is 0 Å². The van der Waals surface area contributed by atoms with Crippen molar-refractivity contribution in [3.63, 3.8) is 0 Å². The summed E-state index contributed by atoms with van der Waals surface area (Å²) in [5.41, 5.74) is 5.54. The molecular formula is C26H34N4O2. The average molecular weight is 435 g/mol. The van der Waals surface area contributed by atoms with Gasteiger partial charge in [-0.15, -0.1) is 0 Å². The minimum atomic E-state index is -0.186. The van der Waals surface area contributed by atoms with Crippen molar-refractivity contribution in [2.75, 3.05) is 19.6 Å². The fourth-order valence-electron chi connectivity index (χ4n) is 4.04. The van der Waals surface area contributed by atoms with Crippen LogP contribution in [0.15, 0.2) is 59.7 Å². The van der Waals surface area contributed by atoms with E-state index in [4.69, 9.17) is 0 Å². The summed E-state index contributed by atoms with van der Waals surface area (Å²) in [5.74, 6) is -0.105. The molecule has 2 N–H and O–H groups in total. The first-order valence-corrected chi connectivity index (χ1v) is 11.6. The maximum Gasteiger partial charge on any atom is 0.257 e. The van der Waals surface area contributed by atoms with E-state index in [1.165, 1.54) is 6.42 Å². The van der Waals surface area contributed by atoms with E-state index in [1.54, 1.807) is 6.21 Å². The molecule has 32 heavy (non-hydrogen) atoms. The molecule has 0 aliphatic carbocycles. The lowest BCUT2D eigenvalue weighted by Gasteiger charge is -2.33. The van der Waals surface area contributed by atoms with E-state index in [-0.39, 0.29) is 17.9 Å². The number of rotatable bonds is 10. The van der Waals surface area contributed by atoms with Gasteiger partial charge in [-0.1, -0.05) is 48.9 Å². The van der Waals surface area contributed by atoms with Gasteiger partial charge in [-0.05, 0) is 75.4 Å². The topological polar surface area (TPSA) is 73.8 Å². The van der Waals surface area contributed by atoms with Gasteiger partial charge in [0.2, 0.25) is 0 Å². The number of hydrazone groups is 1. The Morgan fingerprint density at radius 2 is 1.72 bits per heavy atom. The largest absolute Gasteiger partial charge is 0.352 e. The van der Waals surface area contributed by atoms with Gasteiger partial charge >= 0.3 is 0 Å². The lowest BCUT2D eigenvalue weighted by molar-refractivity contribution is -0.127. The quantitative estimate of drug-likeness (QED) is 0.338. The Balaban J connectivity index is 1.48. The smallest absolute Gasteiger partial charge is 0.257 e. The van der Waals surface area contributed by atoms with E-state index in [2.05, 4.69) is 20.7 Å². The third-order valence-electron chi connectivity index (χ3n) is 5.93. The van der Waals surface area contributed by atoms with Gasteiger partial charge in [0.1, 0.15) is 0 Å². The summed E-state index contributed by atoms with van der Waals surface area (Å²) >= 11 is 0. The van der Waals surface area contributed by atoms with Crippen LogP contribution in [-0.2, 0) is 4.79 Å². The first-order chi connectivity index (χ1) is 15.6. The van der Waals surface area contributed by atoms with Gasteiger partial charge in [0, 0.05) is 12.1 Å². The van der Waals surface area contributed by atoms with Crippen LogP contribution in [0.3, 0.4) is 0 Å². The number of hydrogen-bond acceptors (Lipinski definition) is 4. The molecule has 6 nitrogen and oxygen atoms in total. The number of amides is 2. The van der Waals surface area contributed by atoms with E-state index < -0.39 is 0 Å². The molecule has 0 saturated carbocycles. The molecule has 0 unspecified atom stereocenters. The highest BCUT2D eigenvalue weighted by Gasteiger charge is 2.26. The van der Waals surface area contributed by atoms with Crippen LogP contribution in [0.2, 0.25) is 0 Å². The molecule has 0 aromatic heterocycles. The summed E-state index contributed by atoms with van der Waals surface area (Å²) in [6, 6.07) is 17.0. The summed E-state index contributed by atoms with van der Waals surface area (Å²) in [6.07, 6.45) is 7.65. The average Bonchev–Trinajstić information content (AvgIpc) is 2.83. The molecule has 0 radical (unpaired) electrons. The van der Waals surface area contributed by atoms with Crippen molar-refractivity contribution in [2.24, 2.45) is 5.10 Å². The van der Waals surface area contributed by atoms with Gasteiger partial charge in [-0.25, -0.2) is 5.43 Å². The van der Waals surface area contributed by atoms with E-state index in [0.29, 0.717) is 12.1 Å². The highest BCUT2D eigenvalue weighted by Crippen LogP contribution is 2.16. The van der Waals surface area contributed by atoms with Crippen molar-refractivity contribution >= 4 is 18.0 Å². The maximum absolute atomic E-state index is 12.9. The van der Waals surface area contributed by atoms with Crippen molar-refractivity contribution in [1.29, 1.82) is 0 Å². The van der Waals surface area contributed by atoms with Crippen LogP contribution in [0, 0.1) is 6.92 Å². The molecule has 0 spiro atoms. The number of carbonyl (C=O) groups is 2. The van der Waals surface area contributed by atoms with Crippen molar-refractivity contribution in [3.05, 3.63) is 71.3 Å². The second-order valence-corrected chi connectivity index (χ2v) is 8.32. The molecule has 2 amide bonds. The Bertz CT molecular complexity index is 892. The first-order valence-electron chi connectivity index (χ1n) is 11.6. The number of benzene rings is 2. The minimum absolute atomic E-state index is 0.0509. The number of likely N-dealkylation sites (tertiary alicyclic amines) is 1. The fourth-order valence-corrected chi connectivity index (χ4v) is 4.04. The molecule has 0 bridgehead atoms. The highest BCUT2D eigenvalue weighted by molar-refractivity contribution is 5.94. The molecule has 6 heteroatoms. The van der Waals surface area contributed by atoms with Crippen LogP contribution < -0.4 is 10.7 Å². The molecule has 1 aliphatic heterocycles. The third-order valence-corrected chi connectivity index (χ3v) is 5.93. The molecule has 3 rings (SSSR count). The Morgan fingerprint density at radius 1 is 1.00 bits per heavy atom. The molecule has 1 heterocycles. The normalized spacial score (nSPS) is 15.4. The standard InChI is InChI=1S/C26H34N4O2/c1-21-12-6-7-15-23(21)20-28-29-26(32)24(30-18-10-3-11-19-30)16-8-9-17-27-25(31)22-13-4-2-5-14-22/h2,4-7,12-15,20,24H,3,8-11,16-19H2,1H3,(H,27,31)(H,29,32)/b28-20+/t24-/m1/s1. The van der Waals surface area contributed by atoms with Crippen molar-refractivity contribution in [2.45, 2.75) is 51.5 Å². The Morgan fingerprint density at radius 3 is 2.47 bits per heavy atom. The van der Waals surface area contributed by atoms with Crippen LogP contribution in [-0.4, -0.2) is 48.6 Å². The zero-order valence-electron chi connectivity index (χ0n) is 18.9. The first kappa shape index (κ1) is 23.7. The molecule has 1 atom stereocenters. The maximum atomic E-state index is 12.9. The summed E-state index contributed by atoms with van der Waals surface area (Å²) in [5, 5.41) is 7.17. The lowest BCUT2D eigenvalue weighted by atomic mass is 10.0. The Hall–Kier alpha value is -2.99. The summed E-state index contributed by atoms with van der Waals surface area (Å²) in [4.78, 5) is 27.4. The second-order valence-electron chi connectivity index (χ2n) is 8.32. The molecule has 1 fully saturated rings. The van der Waals surface area contributed by atoms with Gasteiger partial charge in [0.25, 0.3) is 11.8 Å². The summed E-state index contributed by atoms with van der Waals surface area (Å²) in [7, 11) is 0. The zero-order chi connectivity index (χ0) is 22.6. The van der Waals surface area contributed by atoms with Gasteiger partial charge in [0.05, 0.1) is 12.3 Å². The number of carbonyl (C=O) groups excluding carboxylic acids is 2. The lowest BCUT2D eigenvalue weighted by Crippen LogP contribution is -2.47. The third kappa shape index (κ3) is 7.31. The number of nitrogens with zero attached hydrogens (tertiary/aromatic N) is 2. The van der Waals surface area contributed by atoms with E-state index in [9.17, 15) is 9.59 Å². The predicted molar refractivity (Wildman–Crippen MR) is 129 cm³/mol. The molecule has 1 saturated heterocycles. The van der Waals surface area contributed by atoms with Crippen LogP contribution in [0.25, 0.3) is 0 Å². The van der Waals surface area contributed by atoms with E-state index in [0.717, 1.165) is 56.3 Å². The Labute approximate surface area is 191 Å². The predicted octanol–water partition coefficient (Wildman–Crippen LogP) is 3.90. The fraction of sp³-hybridized carbons (Fsp3) is 0.423. The number of hydrogen-bond donors (Lipinski definition) is 2. The number of nitrogens with one attached hydrogen (secondary N) is 2. The zero-order valence-corrected chi connectivity index (χ0v) is 18.9. The molecule has 2 aromatic carbocycles. The van der Waals surface area contributed by atoms with E-state index in [1.807, 2.05) is 61.5 Å². The number of unbranched alkanes of at least 4 members (excludes halogenated alkanes) is 1. The molecular weight excluding hydrogens is 400 g/mol. The van der Waals surface area contributed by atoms with Crippen LogP contribution >= 0.6 is 0 Å². The van der Waals surface area contributed by atoms with Crippen LogP contribution in [0.4, 0.5) is 0 Å². The van der Waals surface area contributed by atoms with Gasteiger partial charge in [0.15, 0.2) is 0 Å². The van der Waals surface area contributed by atoms with Gasteiger partial charge < -0.3 is 5.32 Å². The molecule has 2 aromatic rings. The summed E-state index contributed by atoms with van der Waals surface area (Å²) < 4.78 is 0. The molecule has 170 valence electrons. The van der Waals surface area contributed by atoms with E-state index >= 15 is 0 Å². The van der Waals surface area contributed by atoms with Crippen LogP contribution in [0.1, 0.15) is 60.0 Å². The molecule has 1 aliphatic rings. The van der Waals surface area contributed by atoms with Crippen LogP contribution in [0.5, 0.6) is 0 Å².